The van der Waals surface area contributed by atoms with Crippen molar-refractivity contribution in [3.8, 4) is 34.5 Å². The van der Waals surface area contributed by atoms with Crippen molar-refractivity contribution < 1.29 is 23.7 Å². The van der Waals surface area contributed by atoms with E-state index in [4.69, 9.17) is 18.9 Å². The quantitative estimate of drug-likeness (QED) is 0.242. The summed E-state index contributed by atoms with van der Waals surface area (Å²) in [6.07, 6.45) is 0.521. The lowest BCUT2D eigenvalue weighted by Crippen LogP contribution is -2.10. The van der Waals surface area contributed by atoms with Gasteiger partial charge in [0.2, 0.25) is 5.75 Å². The Bertz CT molecular complexity index is 1220. The molecule has 0 fully saturated rings. The van der Waals surface area contributed by atoms with Gasteiger partial charge in [0, 0.05) is 5.56 Å². The number of rotatable bonds is 9. The van der Waals surface area contributed by atoms with E-state index < -0.39 is 5.97 Å². The first-order chi connectivity index (χ1) is 16.7. The maximum absolute atomic E-state index is 12.9. The normalized spacial score (nSPS) is 10.4. The summed E-state index contributed by atoms with van der Waals surface area (Å²) in [6.45, 7) is 3.99. The van der Waals surface area contributed by atoms with Gasteiger partial charge >= 0.3 is 5.97 Å². The molecule has 0 bridgehead atoms. The van der Waals surface area contributed by atoms with E-state index in [1.54, 1.807) is 13.0 Å². The molecule has 4 aromatic rings. The second-order valence-corrected chi connectivity index (χ2v) is 7.38. The molecule has 0 heterocycles. The molecule has 0 saturated heterocycles. The first-order valence-electron chi connectivity index (χ1n) is 11.2. The summed E-state index contributed by atoms with van der Waals surface area (Å²) >= 11 is 0. The summed E-state index contributed by atoms with van der Waals surface area (Å²) in [7, 11) is 0. The van der Waals surface area contributed by atoms with Crippen molar-refractivity contribution in [2.24, 2.45) is 0 Å². The highest BCUT2D eigenvalue weighted by Gasteiger charge is 2.26. The van der Waals surface area contributed by atoms with Gasteiger partial charge in [0.05, 0.1) is 12.2 Å². The smallest absolute Gasteiger partial charge is 0.338 e. The average Bonchev–Trinajstić information content (AvgIpc) is 2.87. The van der Waals surface area contributed by atoms with E-state index in [0.29, 0.717) is 52.0 Å². The van der Waals surface area contributed by atoms with E-state index in [9.17, 15) is 4.79 Å². The topological polar surface area (TPSA) is 54.0 Å². The van der Waals surface area contributed by atoms with Crippen molar-refractivity contribution in [3.63, 3.8) is 0 Å². The number of esters is 1. The molecule has 0 saturated carbocycles. The van der Waals surface area contributed by atoms with Crippen LogP contribution in [-0.2, 0) is 11.2 Å². The predicted molar refractivity (Wildman–Crippen MR) is 131 cm³/mol. The van der Waals surface area contributed by atoms with Gasteiger partial charge in [-0.2, -0.15) is 0 Å². The fraction of sp³-hybridized carbons (Fsp3) is 0.138. The van der Waals surface area contributed by atoms with E-state index in [2.05, 4.69) is 0 Å². The lowest BCUT2D eigenvalue weighted by atomic mass is 10.0. The van der Waals surface area contributed by atoms with Gasteiger partial charge in [-0.15, -0.1) is 0 Å². The second-order valence-electron chi connectivity index (χ2n) is 7.38. The molecule has 0 spiro atoms. The zero-order valence-electron chi connectivity index (χ0n) is 19.2. The van der Waals surface area contributed by atoms with Gasteiger partial charge in [0.15, 0.2) is 11.5 Å². The number of hydrogen-bond donors (Lipinski definition) is 0. The number of para-hydroxylation sites is 3. The van der Waals surface area contributed by atoms with Crippen molar-refractivity contribution in [1.82, 2.24) is 0 Å². The van der Waals surface area contributed by atoms with Gasteiger partial charge in [0.1, 0.15) is 17.2 Å². The lowest BCUT2D eigenvalue weighted by molar-refractivity contribution is 0.0524. The molecule has 0 aromatic heterocycles. The molecule has 5 heteroatoms. The molecule has 0 aliphatic carbocycles. The molecule has 4 rings (SSSR count). The molecule has 0 unspecified atom stereocenters. The van der Waals surface area contributed by atoms with E-state index in [1.807, 2.05) is 97.9 Å². The summed E-state index contributed by atoms with van der Waals surface area (Å²) in [5, 5.41) is 0. The Morgan fingerprint density at radius 2 is 1.12 bits per heavy atom. The maximum Gasteiger partial charge on any atom is 0.338 e. The fourth-order valence-electron chi connectivity index (χ4n) is 3.51. The first kappa shape index (κ1) is 22.9. The van der Waals surface area contributed by atoms with Crippen molar-refractivity contribution in [2.75, 3.05) is 6.61 Å². The van der Waals surface area contributed by atoms with Crippen LogP contribution in [0.4, 0.5) is 0 Å². The third-order valence-electron chi connectivity index (χ3n) is 5.05. The number of hydrogen-bond acceptors (Lipinski definition) is 5. The number of ether oxygens (including phenoxy) is 4. The van der Waals surface area contributed by atoms with Gasteiger partial charge in [-0.3, -0.25) is 0 Å². The summed E-state index contributed by atoms with van der Waals surface area (Å²) in [5.74, 6) is 2.52. The van der Waals surface area contributed by atoms with Crippen molar-refractivity contribution in [1.29, 1.82) is 0 Å². The molecular weight excluding hydrogens is 428 g/mol. The highest BCUT2D eigenvalue weighted by atomic mass is 16.5. The van der Waals surface area contributed by atoms with Crippen LogP contribution < -0.4 is 14.2 Å². The zero-order chi connectivity index (χ0) is 23.8. The van der Waals surface area contributed by atoms with Crippen molar-refractivity contribution >= 4 is 5.97 Å². The van der Waals surface area contributed by atoms with Crippen LogP contribution in [0.1, 0.15) is 29.8 Å². The van der Waals surface area contributed by atoms with Crippen molar-refractivity contribution in [3.05, 3.63) is 108 Å². The largest absolute Gasteiger partial charge is 0.462 e. The van der Waals surface area contributed by atoms with Crippen LogP contribution in [0.15, 0.2) is 97.1 Å². The third kappa shape index (κ3) is 5.38. The lowest BCUT2D eigenvalue weighted by Gasteiger charge is -2.21. The summed E-state index contributed by atoms with van der Waals surface area (Å²) in [5.41, 5.74) is 1.05. The van der Waals surface area contributed by atoms with Crippen LogP contribution in [0.2, 0.25) is 0 Å². The molecule has 0 aliphatic rings. The Balaban J connectivity index is 1.93. The maximum atomic E-state index is 12.9. The molecule has 172 valence electrons. The monoisotopic (exact) mass is 454 g/mol. The van der Waals surface area contributed by atoms with E-state index in [1.165, 1.54) is 0 Å². The van der Waals surface area contributed by atoms with Gasteiger partial charge in [-0.1, -0.05) is 61.5 Å². The molecule has 4 aromatic carbocycles. The average molecular weight is 455 g/mol. The summed E-state index contributed by atoms with van der Waals surface area (Å²) in [6, 6.07) is 29.8. The highest BCUT2D eigenvalue weighted by Crippen LogP contribution is 2.48. The molecule has 0 amide bonds. The summed E-state index contributed by atoms with van der Waals surface area (Å²) in [4.78, 5) is 12.9. The second kappa shape index (κ2) is 11.1. The first-order valence-corrected chi connectivity index (χ1v) is 11.2. The molecule has 0 N–H and O–H groups in total. The Kier molecular flexibility index (Phi) is 7.45. The minimum absolute atomic E-state index is 0.258. The SMILES string of the molecule is CCOC(=O)c1cc(Oc2ccccc2)c(Oc2ccccc2)c(Oc2ccccc2)c1CC. The molecule has 0 aliphatic heterocycles. The Labute approximate surface area is 199 Å². The van der Waals surface area contributed by atoms with Gasteiger partial charge in [-0.05, 0) is 55.8 Å². The predicted octanol–water partition coefficient (Wildman–Crippen LogP) is 7.80. The Morgan fingerprint density at radius 3 is 1.59 bits per heavy atom. The summed E-state index contributed by atoms with van der Waals surface area (Å²) < 4.78 is 24.2. The van der Waals surface area contributed by atoms with E-state index in [-0.39, 0.29) is 6.61 Å². The van der Waals surface area contributed by atoms with Gasteiger partial charge < -0.3 is 18.9 Å². The van der Waals surface area contributed by atoms with Gasteiger partial charge in [-0.25, -0.2) is 4.79 Å². The molecule has 0 radical (unpaired) electrons. The van der Waals surface area contributed by atoms with E-state index >= 15 is 0 Å². The zero-order valence-corrected chi connectivity index (χ0v) is 19.2. The minimum Gasteiger partial charge on any atom is -0.462 e. The van der Waals surface area contributed by atoms with Crippen LogP contribution >= 0.6 is 0 Å². The van der Waals surface area contributed by atoms with Crippen LogP contribution in [0.25, 0.3) is 0 Å². The van der Waals surface area contributed by atoms with Crippen LogP contribution in [0.5, 0.6) is 34.5 Å². The minimum atomic E-state index is -0.443. The highest BCUT2D eigenvalue weighted by molar-refractivity contribution is 5.93. The number of benzene rings is 4. The molecule has 0 atom stereocenters. The molecule has 5 nitrogen and oxygen atoms in total. The van der Waals surface area contributed by atoms with Crippen molar-refractivity contribution in [2.45, 2.75) is 20.3 Å². The molecular formula is C29H26O5. The number of carbonyl (C=O) groups excluding carboxylic acids is 1. The third-order valence-corrected chi connectivity index (χ3v) is 5.05. The number of carbonyl (C=O) groups is 1. The standard InChI is InChI=1S/C29H26O5/c1-3-24-25(29(30)31-4-2)20-26(32-21-14-8-5-9-15-21)28(34-23-18-12-7-13-19-23)27(24)33-22-16-10-6-11-17-22/h5-20H,3-4H2,1-2H3. The van der Waals surface area contributed by atoms with Crippen LogP contribution in [-0.4, -0.2) is 12.6 Å². The van der Waals surface area contributed by atoms with Crippen LogP contribution in [0.3, 0.4) is 0 Å². The Morgan fingerprint density at radius 1 is 0.647 bits per heavy atom. The van der Waals surface area contributed by atoms with Gasteiger partial charge in [0.25, 0.3) is 0 Å². The fourth-order valence-corrected chi connectivity index (χ4v) is 3.51. The Hall–Kier alpha value is -4.25. The van der Waals surface area contributed by atoms with E-state index in [0.717, 1.165) is 0 Å². The molecule has 34 heavy (non-hydrogen) atoms. The van der Waals surface area contributed by atoms with Crippen LogP contribution in [0, 0.1) is 0 Å².